The first kappa shape index (κ1) is 10.5. The molecule has 15 heavy (non-hydrogen) atoms. The second-order valence-corrected chi connectivity index (χ2v) is 4.40. The Morgan fingerprint density at radius 3 is 3.00 bits per heavy atom. The van der Waals surface area contributed by atoms with Gasteiger partial charge < -0.3 is 5.32 Å². The summed E-state index contributed by atoms with van der Waals surface area (Å²) in [4.78, 5) is 4.13. The normalized spacial score (nSPS) is 10.3. The molecule has 78 valence electrons. The van der Waals surface area contributed by atoms with E-state index in [1.807, 2.05) is 17.5 Å². The van der Waals surface area contributed by atoms with E-state index >= 15 is 0 Å². The summed E-state index contributed by atoms with van der Waals surface area (Å²) in [5, 5.41) is 6.40. The molecule has 0 saturated heterocycles. The summed E-state index contributed by atoms with van der Waals surface area (Å²) in [7, 11) is 0. The highest BCUT2D eigenvalue weighted by atomic mass is 35.5. The molecule has 2 rings (SSSR count). The van der Waals surface area contributed by atoms with Gasteiger partial charge in [-0.2, -0.15) is 0 Å². The van der Waals surface area contributed by atoms with Crippen LogP contribution in [0.5, 0.6) is 0 Å². The Morgan fingerprint density at radius 1 is 1.47 bits per heavy atom. The van der Waals surface area contributed by atoms with Crippen LogP contribution in [0.2, 0.25) is 5.15 Å². The quantitative estimate of drug-likeness (QED) is 0.871. The van der Waals surface area contributed by atoms with Gasteiger partial charge in [0.1, 0.15) is 5.15 Å². The average Bonchev–Trinajstić information content (AvgIpc) is 2.64. The molecule has 0 atom stereocenters. The third-order valence-electron chi connectivity index (χ3n) is 2.06. The molecular formula is C11H11ClN2S. The van der Waals surface area contributed by atoms with Gasteiger partial charge in [0.05, 0.1) is 0 Å². The number of hydrogen-bond donors (Lipinski definition) is 1. The highest BCUT2D eigenvalue weighted by Gasteiger charge is 2.00. The minimum atomic E-state index is 0.536. The first-order valence-corrected chi connectivity index (χ1v) is 6.00. The first-order valence-electron chi connectivity index (χ1n) is 4.75. The molecule has 0 aliphatic rings. The first-order chi connectivity index (χ1) is 7.28. The van der Waals surface area contributed by atoms with Crippen LogP contribution in [-0.4, -0.2) is 4.98 Å². The lowest BCUT2D eigenvalue weighted by Crippen LogP contribution is -1.90. The van der Waals surface area contributed by atoms with Gasteiger partial charge in [-0.25, -0.2) is 4.98 Å². The Hall–Kier alpha value is -1.06. The average molecular weight is 239 g/mol. The number of halogens is 1. The fraction of sp³-hybridized carbons (Fsp3) is 0.182. The van der Waals surface area contributed by atoms with E-state index in [4.69, 9.17) is 11.6 Å². The van der Waals surface area contributed by atoms with Gasteiger partial charge in [-0.1, -0.05) is 30.7 Å². The maximum atomic E-state index is 5.74. The summed E-state index contributed by atoms with van der Waals surface area (Å²) in [5.41, 5.74) is 2.36. The Kier molecular flexibility index (Phi) is 3.23. The predicted molar refractivity (Wildman–Crippen MR) is 66.2 cm³/mol. The van der Waals surface area contributed by atoms with E-state index in [9.17, 15) is 0 Å². The van der Waals surface area contributed by atoms with Crippen molar-refractivity contribution in [1.29, 1.82) is 0 Å². The molecule has 1 aromatic carbocycles. The van der Waals surface area contributed by atoms with Gasteiger partial charge in [0.2, 0.25) is 0 Å². The molecule has 0 aliphatic carbocycles. The van der Waals surface area contributed by atoms with Crippen LogP contribution >= 0.6 is 22.9 Å². The van der Waals surface area contributed by atoms with Crippen molar-refractivity contribution in [3.63, 3.8) is 0 Å². The van der Waals surface area contributed by atoms with Crippen molar-refractivity contribution in [3.05, 3.63) is 40.4 Å². The summed E-state index contributed by atoms with van der Waals surface area (Å²) >= 11 is 7.25. The van der Waals surface area contributed by atoms with Crippen molar-refractivity contribution in [1.82, 2.24) is 4.98 Å². The Labute approximate surface area is 97.9 Å². The van der Waals surface area contributed by atoms with Crippen LogP contribution < -0.4 is 5.32 Å². The summed E-state index contributed by atoms with van der Waals surface area (Å²) in [6, 6.07) is 8.29. The third-order valence-corrected chi connectivity index (χ3v) is 3.14. The molecule has 0 radical (unpaired) electrons. The van der Waals surface area contributed by atoms with E-state index in [1.165, 1.54) is 16.9 Å². The van der Waals surface area contributed by atoms with Gasteiger partial charge in [-0.3, -0.25) is 0 Å². The number of anilines is 2. The minimum Gasteiger partial charge on any atom is -0.332 e. The van der Waals surface area contributed by atoms with E-state index < -0.39 is 0 Å². The second-order valence-electron chi connectivity index (χ2n) is 3.15. The van der Waals surface area contributed by atoms with Gasteiger partial charge in [-0.15, -0.1) is 11.3 Å². The molecule has 0 unspecified atom stereocenters. The van der Waals surface area contributed by atoms with Gasteiger partial charge in [0, 0.05) is 11.1 Å². The molecule has 2 nitrogen and oxygen atoms in total. The fourth-order valence-electron chi connectivity index (χ4n) is 1.30. The number of hydrogen-bond acceptors (Lipinski definition) is 3. The van der Waals surface area contributed by atoms with Crippen LogP contribution in [0.3, 0.4) is 0 Å². The van der Waals surface area contributed by atoms with Crippen molar-refractivity contribution in [2.45, 2.75) is 13.3 Å². The van der Waals surface area contributed by atoms with Gasteiger partial charge in [-0.05, 0) is 24.1 Å². The highest BCUT2D eigenvalue weighted by Crippen LogP contribution is 2.23. The van der Waals surface area contributed by atoms with Gasteiger partial charge in [0.25, 0.3) is 0 Å². The molecule has 0 aliphatic heterocycles. The zero-order valence-corrected chi connectivity index (χ0v) is 9.90. The predicted octanol–water partition coefficient (Wildman–Crippen LogP) is 4.10. The van der Waals surface area contributed by atoms with Crippen molar-refractivity contribution in [2.24, 2.45) is 0 Å². The number of rotatable bonds is 3. The van der Waals surface area contributed by atoms with E-state index in [1.54, 1.807) is 0 Å². The summed E-state index contributed by atoms with van der Waals surface area (Å²) in [6.07, 6.45) is 1.04. The highest BCUT2D eigenvalue weighted by molar-refractivity contribution is 7.14. The summed E-state index contributed by atoms with van der Waals surface area (Å²) < 4.78 is 0. The molecular weight excluding hydrogens is 228 g/mol. The molecule has 1 heterocycles. The standard InChI is InChI=1S/C11H11ClN2S/c1-2-8-4-3-5-9(6-8)13-11-14-10(12)7-15-11/h3-7H,2H2,1H3,(H,13,14). The van der Waals surface area contributed by atoms with Gasteiger partial charge in [0.15, 0.2) is 5.13 Å². The second kappa shape index (κ2) is 4.64. The van der Waals surface area contributed by atoms with E-state index in [0.29, 0.717) is 5.15 Å². The molecule has 4 heteroatoms. The Morgan fingerprint density at radius 2 is 2.33 bits per heavy atom. The van der Waals surface area contributed by atoms with Crippen LogP contribution in [-0.2, 0) is 6.42 Å². The van der Waals surface area contributed by atoms with Crippen molar-refractivity contribution in [2.75, 3.05) is 5.32 Å². The van der Waals surface area contributed by atoms with Crippen LogP contribution in [0, 0.1) is 0 Å². The van der Waals surface area contributed by atoms with Crippen molar-refractivity contribution < 1.29 is 0 Å². The molecule has 0 fully saturated rings. The Balaban J connectivity index is 2.16. The number of thiazole rings is 1. The number of nitrogens with zero attached hydrogens (tertiary/aromatic N) is 1. The number of aryl methyl sites for hydroxylation is 1. The molecule has 0 amide bonds. The van der Waals surface area contributed by atoms with Crippen LogP contribution in [0.15, 0.2) is 29.6 Å². The molecule has 1 N–H and O–H groups in total. The molecule has 0 bridgehead atoms. The SMILES string of the molecule is CCc1cccc(Nc2nc(Cl)cs2)c1. The van der Waals surface area contributed by atoms with E-state index in [2.05, 4.69) is 29.4 Å². The van der Waals surface area contributed by atoms with Crippen molar-refractivity contribution >= 4 is 33.8 Å². The zero-order chi connectivity index (χ0) is 10.7. The van der Waals surface area contributed by atoms with E-state index in [-0.39, 0.29) is 0 Å². The largest absolute Gasteiger partial charge is 0.332 e. The molecule has 1 aromatic heterocycles. The number of nitrogens with one attached hydrogen (secondary N) is 1. The lowest BCUT2D eigenvalue weighted by atomic mass is 10.1. The topological polar surface area (TPSA) is 24.9 Å². The zero-order valence-electron chi connectivity index (χ0n) is 8.33. The number of benzene rings is 1. The minimum absolute atomic E-state index is 0.536. The monoisotopic (exact) mass is 238 g/mol. The van der Waals surface area contributed by atoms with E-state index in [0.717, 1.165) is 17.2 Å². The van der Waals surface area contributed by atoms with Crippen LogP contribution in [0.25, 0.3) is 0 Å². The summed E-state index contributed by atoms with van der Waals surface area (Å²) in [6.45, 7) is 2.14. The maximum absolute atomic E-state index is 5.74. The lowest BCUT2D eigenvalue weighted by Gasteiger charge is -2.03. The smallest absolute Gasteiger partial charge is 0.188 e. The maximum Gasteiger partial charge on any atom is 0.188 e. The summed E-state index contributed by atoms with van der Waals surface area (Å²) in [5.74, 6) is 0. The third kappa shape index (κ3) is 2.70. The van der Waals surface area contributed by atoms with Crippen molar-refractivity contribution in [3.8, 4) is 0 Å². The molecule has 2 aromatic rings. The van der Waals surface area contributed by atoms with Gasteiger partial charge >= 0.3 is 0 Å². The fourth-order valence-corrected chi connectivity index (χ4v) is 2.16. The molecule has 0 spiro atoms. The lowest BCUT2D eigenvalue weighted by molar-refractivity contribution is 1.14. The Bertz CT molecular complexity index is 453. The molecule has 0 saturated carbocycles. The van der Waals surface area contributed by atoms with Crippen LogP contribution in [0.1, 0.15) is 12.5 Å². The number of aromatic nitrogens is 1. The van der Waals surface area contributed by atoms with Crippen LogP contribution in [0.4, 0.5) is 10.8 Å².